The molecule has 2 amide bonds. The number of para-hydroxylation sites is 1. The fourth-order valence-corrected chi connectivity index (χ4v) is 3.67. The molecule has 0 bridgehead atoms. The molecule has 0 atom stereocenters. The van der Waals surface area contributed by atoms with E-state index >= 15 is 0 Å². The number of urea groups is 1. The van der Waals surface area contributed by atoms with E-state index in [1.54, 1.807) is 6.20 Å². The molecule has 0 radical (unpaired) electrons. The molecule has 0 spiro atoms. The van der Waals surface area contributed by atoms with Gasteiger partial charge >= 0.3 is 6.03 Å². The Hall–Kier alpha value is -2.68. The number of hydrogen-bond donors (Lipinski definition) is 2. The molecule has 2 N–H and O–H groups in total. The number of carbonyl (C=O) groups excluding carboxylic acids is 1. The number of benzene rings is 1. The van der Waals surface area contributed by atoms with Crippen LogP contribution in [0.2, 0.25) is 0 Å². The molecule has 8 heteroatoms. The maximum Gasteiger partial charge on any atom is 0.319 e. The number of morpholine rings is 2. The van der Waals surface area contributed by atoms with Crippen LogP contribution in [0.3, 0.4) is 0 Å². The summed E-state index contributed by atoms with van der Waals surface area (Å²) in [4.78, 5) is 21.5. The molecule has 2 aliphatic heterocycles. The van der Waals surface area contributed by atoms with E-state index in [4.69, 9.17) is 9.47 Å². The van der Waals surface area contributed by atoms with Crippen LogP contribution in [0.5, 0.6) is 0 Å². The second kappa shape index (κ2) is 10.4. The third kappa shape index (κ3) is 5.69. The smallest absolute Gasteiger partial charge is 0.319 e. The molecule has 1 aromatic heterocycles. The fraction of sp³-hybridized carbons (Fsp3) is 0.455. The molecule has 2 aliphatic rings. The molecule has 30 heavy (non-hydrogen) atoms. The first-order valence-electron chi connectivity index (χ1n) is 10.5. The summed E-state index contributed by atoms with van der Waals surface area (Å²) in [6.45, 7) is 7.69. The third-order valence-corrected chi connectivity index (χ3v) is 5.36. The highest BCUT2D eigenvalue weighted by molar-refractivity contribution is 5.90. The number of nitrogens with one attached hydrogen (secondary N) is 2. The lowest BCUT2D eigenvalue weighted by Gasteiger charge is -2.28. The lowest BCUT2D eigenvalue weighted by Crippen LogP contribution is -2.37. The number of pyridine rings is 1. The van der Waals surface area contributed by atoms with Crippen molar-refractivity contribution in [2.24, 2.45) is 0 Å². The first-order valence-corrected chi connectivity index (χ1v) is 10.5. The number of anilines is 2. The minimum Gasteiger partial charge on any atom is -0.379 e. The van der Waals surface area contributed by atoms with Gasteiger partial charge in [0.05, 0.1) is 26.4 Å². The predicted molar refractivity (Wildman–Crippen MR) is 116 cm³/mol. The Morgan fingerprint density at radius 2 is 1.73 bits per heavy atom. The molecule has 2 aromatic rings. The summed E-state index contributed by atoms with van der Waals surface area (Å²) < 4.78 is 10.8. The van der Waals surface area contributed by atoms with Crippen LogP contribution in [-0.4, -0.2) is 68.5 Å². The molecule has 160 valence electrons. The Balaban J connectivity index is 1.32. The van der Waals surface area contributed by atoms with Gasteiger partial charge < -0.3 is 25.0 Å². The standard InChI is InChI=1S/C22H29N5O3/c28-22(24-16-18-5-6-23-21(15-18)27-9-13-30-14-10-27)25-20-4-2-1-3-19(20)17-26-7-11-29-12-8-26/h1-6,15H,7-14,16-17H2,(H2,24,25,28). The highest BCUT2D eigenvalue weighted by Crippen LogP contribution is 2.18. The summed E-state index contributed by atoms with van der Waals surface area (Å²) in [7, 11) is 0. The van der Waals surface area contributed by atoms with Crippen molar-refractivity contribution in [3.8, 4) is 0 Å². The average Bonchev–Trinajstić information content (AvgIpc) is 2.80. The Labute approximate surface area is 177 Å². The lowest BCUT2D eigenvalue weighted by molar-refractivity contribution is 0.0343. The average molecular weight is 412 g/mol. The van der Waals surface area contributed by atoms with Gasteiger partial charge in [0.1, 0.15) is 5.82 Å². The second-order valence-electron chi connectivity index (χ2n) is 7.48. The number of ether oxygens (including phenoxy) is 2. The first-order chi connectivity index (χ1) is 14.8. The number of hydrogen-bond acceptors (Lipinski definition) is 6. The Bertz CT molecular complexity index is 835. The van der Waals surface area contributed by atoms with Crippen LogP contribution in [0.15, 0.2) is 42.6 Å². The van der Waals surface area contributed by atoms with Crippen LogP contribution in [-0.2, 0) is 22.6 Å². The van der Waals surface area contributed by atoms with Crippen LogP contribution < -0.4 is 15.5 Å². The fourth-order valence-electron chi connectivity index (χ4n) is 3.67. The van der Waals surface area contributed by atoms with E-state index in [1.807, 2.05) is 30.3 Å². The topological polar surface area (TPSA) is 79.0 Å². The molecule has 0 unspecified atom stereocenters. The molecule has 8 nitrogen and oxygen atoms in total. The van der Waals surface area contributed by atoms with Crippen LogP contribution >= 0.6 is 0 Å². The lowest BCUT2D eigenvalue weighted by atomic mass is 10.1. The predicted octanol–water partition coefficient (Wildman–Crippen LogP) is 2.07. The van der Waals surface area contributed by atoms with Gasteiger partial charge in [-0.1, -0.05) is 18.2 Å². The van der Waals surface area contributed by atoms with Crippen LogP contribution in [0.4, 0.5) is 16.3 Å². The second-order valence-corrected chi connectivity index (χ2v) is 7.48. The number of amides is 2. The molecule has 1 aromatic carbocycles. The molecule has 0 aliphatic carbocycles. The van der Waals surface area contributed by atoms with E-state index in [0.29, 0.717) is 6.54 Å². The van der Waals surface area contributed by atoms with Gasteiger partial charge in [-0.05, 0) is 29.3 Å². The van der Waals surface area contributed by atoms with Gasteiger partial charge in [-0.25, -0.2) is 9.78 Å². The SMILES string of the molecule is O=C(NCc1ccnc(N2CCOCC2)c1)Nc1ccccc1CN1CCOCC1. The Morgan fingerprint density at radius 3 is 2.53 bits per heavy atom. The highest BCUT2D eigenvalue weighted by atomic mass is 16.5. The maximum absolute atomic E-state index is 12.5. The van der Waals surface area contributed by atoms with Crippen molar-refractivity contribution in [3.63, 3.8) is 0 Å². The normalized spacial score (nSPS) is 17.5. The van der Waals surface area contributed by atoms with Gasteiger partial charge in [0.2, 0.25) is 0 Å². The van der Waals surface area contributed by atoms with E-state index < -0.39 is 0 Å². The molecule has 2 saturated heterocycles. The number of aromatic nitrogens is 1. The van der Waals surface area contributed by atoms with Crippen molar-refractivity contribution in [1.82, 2.24) is 15.2 Å². The number of carbonyl (C=O) groups is 1. The zero-order valence-corrected chi connectivity index (χ0v) is 17.2. The number of rotatable bonds is 6. The van der Waals surface area contributed by atoms with Crippen molar-refractivity contribution < 1.29 is 14.3 Å². The van der Waals surface area contributed by atoms with Crippen LogP contribution in [0.25, 0.3) is 0 Å². The molecular weight excluding hydrogens is 382 g/mol. The van der Waals surface area contributed by atoms with E-state index in [0.717, 1.165) is 81.8 Å². The van der Waals surface area contributed by atoms with E-state index in [1.165, 1.54) is 0 Å². The summed E-state index contributed by atoms with van der Waals surface area (Å²) in [5.41, 5.74) is 2.96. The van der Waals surface area contributed by atoms with Gasteiger partial charge in [-0.3, -0.25) is 4.90 Å². The van der Waals surface area contributed by atoms with Gasteiger partial charge in [0.15, 0.2) is 0 Å². The Kier molecular flexibility index (Phi) is 7.12. The van der Waals surface area contributed by atoms with Gasteiger partial charge in [-0.2, -0.15) is 0 Å². The third-order valence-electron chi connectivity index (χ3n) is 5.36. The van der Waals surface area contributed by atoms with Crippen molar-refractivity contribution in [3.05, 3.63) is 53.7 Å². The maximum atomic E-state index is 12.5. The molecular formula is C22H29N5O3. The van der Waals surface area contributed by atoms with Crippen molar-refractivity contribution in [2.45, 2.75) is 13.1 Å². The quantitative estimate of drug-likeness (QED) is 0.758. The zero-order chi connectivity index (χ0) is 20.6. The van der Waals surface area contributed by atoms with Crippen molar-refractivity contribution >= 4 is 17.5 Å². The molecule has 4 rings (SSSR count). The summed E-state index contributed by atoms with van der Waals surface area (Å²) in [5, 5.41) is 5.95. The first kappa shape index (κ1) is 20.6. The molecule has 0 saturated carbocycles. The van der Waals surface area contributed by atoms with Gasteiger partial charge in [0, 0.05) is 51.2 Å². The van der Waals surface area contributed by atoms with Crippen molar-refractivity contribution in [1.29, 1.82) is 0 Å². The minimum atomic E-state index is -0.214. The van der Waals surface area contributed by atoms with Crippen LogP contribution in [0, 0.1) is 0 Å². The zero-order valence-electron chi connectivity index (χ0n) is 17.2. The van der Waals surface area contributed by atoms with E-state index in [2.05, 4.69) is 31.5 Å². The van der Waals surface area contributed by atoms with Gasteiger partial charge in [-0.15, -0.1) is 0 Å². The summed E-state index contributed by atoms with van der Waals surface area (Å²) in [6.07, 6.45) is 1.79. The molecule has 2 fully saturated rings. The van der Waals surface area contributed by atoms with Gasteiger partial charge in [0.25, 0.3) is 0 Å². The van der Waals surface area contributed by atoms with E-state index in [-0.39, 0.29) is 6.03 Å². The van der Waals surface area contributed by atoms with Crippen molar-refractivity contribution in [2.75, 3.05) is 62.8 Å². The summed E-state index contributed by atoms with van der Waals surface area (Å²) >= 11 is 0. The van der Waals surface area contributed by atoms with Crippen LogP contribution in [0.1, 0.15) is 11.1 Å². The minimum absolute atomic E-state index is 0.214. The largest absolute Gasteiger partial charge is 0.379 e. The summed E-state index contributed by atoms with van der Waals surface area (Å²) in [6, 6.07) is 11.7. The highest BCUT2D eigenvalue weighted by Gasteiger charge is 2.15. The Morgan fingerprint density at radius 1 is 1.00 bits per heavy atom. The molecule has 3 heterocycles. The summed E-state index contributed by atoms with van der Waals surface area (Å²) in [5.74, 6) is 0.925. The monoisotopic (exact) mass is 411 g/mol. The van der Waals surface area contributed by atoms with E-state index in [9.17, 15) is 4.79 Å². The number of nitrogens with zero attached hydrogens (tertiary/aromatic N) is 3.